The molecule has 6 heteroatoms. The van der Waals surface area contributed by atoms with Crippen molar-refractivity contribution in [1.82, 2.24) is 5.32 Å². The van der Waals surface area contributed by atoms with Gasteiger partial charge in [-0.3, -0.25) is 4.79 Å². The molecule has 0 aliphatic heterocycles. The van der Waals surface area contributed by atoms with Crippen LogP contribution < -0.4 is 5.32 Å². The Bertz CT molecular complexity index is 473. The monoisotopic (exact) mass is 297 g/mol. The molecule has 0 spiro atoms. The molecule has 1 atom stereocenters. The van der Waals surface area contributed by atoms with Crippen LogP contribution in [-0.2, 0) is 16.0 Å². The van der Waals surface area contributed by atoms with E-state index in [0.29, 0.717) is 11.4 Å². The van der Waals surface area contributed by atoms with Gasteiger partial charge in [-0.1, -0.05) is 36.4 Å². The summed E-state index contributed by atoms with van der Waals surface area (Å²) < 4.78 is 4.78. The molecule has 1 aromatic carbocycles. The molecule has 0 saturated heterocycles. The smallest absolute Gasteiger partial charge is 0.407 e. The van der Waals surface area contributed by atoms with Gasteiger partial charge in [-0.15, -0.1) is 0 Å². The number of alkyl carbamates (subject to hydrolysis) is 1. The summed E-state index contributed by atoms with van der Waals surface area (Å²) in [6.45, 7) is 3.50. The molecule has 5 nitrogen and oxygen atoms in total. The number of carbonyl (C=O) groups is 2. The van der Waals surface area contributed by atoms with E-state index in [2.05, 4.69) is 11.9 Å². The minimum atomic E-state index is -0.993. The van der Waals surface area contributed by atoms with Crippen molar-refractivity contribution in [2.75, 3.05) is 6.61 Å². The number of hydrogen-bond donors (Lipinski definition) is 2. The number of benzene rings is 1. The van der Waals surface area contributed by atoms with Crippen molar-refractivity contribution < 1.29 is 19.4 Å². The van der Waals surface area contributed by atoms with Crippen LogP contribution in [0.4, 0.5) is 4.79 Å². The lowest BCUT2D eigenvalue weighted by molar-refractivity contribution is -0.137. The molecule has 0 bridgehead atoms. The number of rotatable bonds is 7. The Morgan fingerprint density at radius 2 is 2.05 bits per heavy atom. The quantitative estimate of drug-likeness (QED) is 0.759. The molecule has 0 fully saturated rings. The van der Waals surface area contributed by atoms with Crippen LogP contribution in [0.25, 0.3) is 0 Å². The zero-order chi connectivity index (χ0) is 15.0. The molecule has 0 aromatic heterocycles. The fraction of sp³-hybridized carbons (Fsp3) is 0.286. The Balaban J connectivity index is 2.63. The van der Waals surface area contributed by atoms with Gasteiger partial charge in [-0.2, -0.15) is 0 Å². The van der Waals surface area contributed by atoms with E-state index in [1.54, 1.807) is 24.3 Å². The molecule has 0 saturated carbocycles. The van der Waals surface area contributed by atoms with Gasteiger partial charge in [0.1, 0.15) is 6.61 Å². The van der Waals surface area contributed by atoms with E-state index in [1.165, 1.54) is 6.08 Å². The van der Waals surface area contributed by atoms with Crippen molar-refractivity contribution in [2.24, 2.45) is 0 Å². The second-order valence-electron chi connectivity index (χ2n) is 4.16. The van der Waals surface area contributed by atoms with Gasteiger partial charge in [0.25, 0.3) is 0 Å². The maximum Gasteiger partial charge on any atom is 0.407 e. The van der Waals surface area contributed by atoms with E-state index in [1.807, 2.05) is 0 Å². The first-order valence-corrected chi connectivity index (χ1v) is 6.39. The number of halogens is 1. The van der Waals surface area contributed by atoms with Crippen molar-refractivity contribution in [3.8, 4) is 0 Å². The van der Waals surface area contributed by atoms with Crippen molar-refractivity contribution in [3.05, 3.63) is 47.5 Å². The number of amides is 1. The summed E-state index contributed by atoms with van der Waals surface area (Å²) in [6.07, 6.45) is 0.966. The van der Waals surface area contributed by atoms with E-state index < -0.39 is 18.1 Å². The normalized spacial score (nSPS) is 11.4. The van der Waals surface area contributed by atoms with Crippen LogP contribution in [0.15, 0.2) is 36.9 Å². The summed E-state index contributed by atoms with van der Waals surface area (Å²) in [5.74, 6) is -0.993. The topological polar surface area (TPSA) is 75.6 Å². The third-order valence-corrected chi connectivity index (χ3v) is 2.72. The molecule has 108 valence electrons. The molecule has 1 rings (SSSR count). The molecule has 0 unspecified atom stereocenters. The number of nitrogens with one attached hydrogen (secondary N) is 1. The van der Waals surface area contributed by atoms with Gasteiger partial charge in [-0.25, -0.2) is 4.79 Å². The van der Waals surface area contributed by atoms with Crippen molar-refractivity contribution >= 4 is 23.7 Å². The predicted octanol–water partition coefficient (Wildman–Crippen LogP) is 2.64. The summed E-state index contributed by atoms with van der Waals surface area (Å²) in [7, 11) is 0. The molecular weight excluding hydrogens is 282 g/mol. The molecule has 0 heterocycles. The number of hydrogen-bond acceptors (Lipinski definition) is 3. The molecule has 0 aliphatic carbocycles. The molecule has 20 heavy (non-hydrogen) atoms. The molecule has 1 amide bonds. The van der Waals surface area contributed by atoms with Crippen molar-refractivity contribution in [1.29, 1.82) is 0 Å². The summed E-state index contributed by atoms with van der Waals surface area (Å²) in [5, 5.41) is 12.0. The Morgan fingerprint density at radius 1 is 1.40 bits per heavy atom. The highest BCUT2D eigenvalue weighted by molar-refractivity contribution is 6.30. The van der Waals surface area contributed by atoms with E-state index in [9.17, 15) is 9.59 Å². The average molecular weight is 298 g/mol. The SMILES string of the molecule is C=CCOC(=O)N[C@@H](CC(=O)O)Cc1ccc(Cl)cc1. The first-order valence-electron chi connectivity index (χ1n) is 6.01. The van der Waals surface area contributed by atoms with E-state index in [-0.39, 0.29) is 13.0 Å². The number of aliphatic carboxylic acids is 1. The number of ether oxygens (including phenoxy) is 1. The lowest BCUT2D eigenvalue weighted by Crippen LogP contribution is -2.38. The van der Waals surface area contributed by atoms with Gasteiger partial charge in [0.05, 0.1) is 6.42 Å². The first kappa shape index (κ1) is 16.0. The molecule has 1 aromatic rings. The van der Waals surface area contributed by atoms with Crippen molar-refractivity contribution in [3.63, 3.8) is 0 Å². The fourth-order valence-electron chi connectivity index (χ4n) is 1.63. The third kappa shape index (κ3) is 6.24. The van der Waals surface area contributed by atoms with Gasteiger partial charge < -0.3 is 15.2 Å². The molecular formula is C14H16ClNO4. The largest absolute Gasteiger partial charge is 0.481 e. The van der Waals surface area contributed by atoms with Crippen molar-refractivity contribution in [2.45, 2.75) is 18.9 Å². The fourth-order valence-corrected chi connectivity index (χ4v) is 1.76. The van der Waals surface area contributed by atoms with E-state index >= 15 is 0 Å². The summed E-state index contributed by atoms with van der Waals surface area (Å²) in [4.78, 5) is 22.3. The van der Waals surface area contributed by atoms with Gasteiger partial charge in [0.2, 0.25) is 0 Å². The second kappa shape index (κ2) is 8.22. The average Bonchev–Trinajstić information content (AvgIpc) is 2.38. The standard InChI is InChI=1S/C14H16ClNO4/c1-2-7-20-14(19)16-12(9-13(17)18)8-10-3-5-11(15)6-4-10/h2-6,12H,1,7-9H2,(H,16,19)(H,17,18)/t12-/m1/s1. The van der Waals surface area contributed by atoms with E-state index in [4.69, 9.17) is 21.4 Å². The van der Waals surface area contributed by atoms with Crippen LogP contribution in [0.3, 0.4) is 0 Å². The maximum atomic E-state index is 11.4. The van der Waals surface area contributed by atoms with Crippen LogP contribution in [0.5, 0.6) is 0 Å². The van der Waals surface area contributed by atoms with Gasteiger partial charge >= 0.3 is 12.1 Å². The summed E-state index contributed by atoms with van der Waals surface area (Å²) in [6, 6.07) is 6.45. The highest BCUT2D eigenvalue weighted by Crippen LogP contribution is 2.12. The first-order chi connectivity index (χ1) is 9.51. The van der Waals surface area contributed by atoms with Gasteiger partial charge in [0.15, 0.2) is 0 Å². The number of carboxylic acid groups (broad SMARTS) is 1. The second-order valence-corrected chi connectivity index (χ2v) is 4.59. The summed E-state index contributed by atoms with van der Waals surface area (Å²) in [5.41, 5.74) is 0.879. The third-order valence-electron chi connectivity index (χ3n) is 2.47. The Hall–Kier alpha value is -2.01. The molecule has 0 aliphatic rings. The summed E-state index contributed by atoms with van der Waals surface area (Å²) >= 11 is 5.78. The Labute approximate surface area is 122 Å². The lowest BCUT2D eigenvalue weighted by Gasteiger charge is -2.16. The zero-order valence-corrected chi connectivity index (χ0v) is 11.6. The Morgan fingerprint density at radius 3 is 2.60 bits per heavy atom. The zero-order valence-electron chi connectivity index (χ0n) is 10.8. The lowest BCUT2D eigenvalue weighted by atomic mass is 10.0. The van der Waals surface area contributed by atoms with Gasteiger partial charge in [0, 0.05) is 11.1 Å². The number of carbonyl (C=O) groups excluding carboxylic acids is 1. The van der Waals surface area contributed by atoms with Crippen LogP contribution in [-0.4, -0.2) is 29.8 Å². The van der Waals surface area contributed by atoms with Crippen LogP contribution in [0, 0.1) is 0 Å². The van der Waals surface area contributed by atoms with Crippen LogP contribution in [0.2, 0.25) is 5.02 Å². The predicted molar refractivity (Wildman–Crippen MR) is 75.9 cm³/mol. The van der Waals surface area contributed by atoms with E-state index in [0.717, 1.165) is 5.56 Å². The minimum absolute atomic E-state index is 0.0760. The minimum Gasteiger partial charge on any atom is -0.481 e. The van der Waals surface area contributed by atoms with Crippen LogP contribution >= 0.6 is 11.6 Å². The maximum absolute atomic E-state index is 11.4. The molecule has 2 N–H and O–H groups in total. The molecule has 0 radical (unpaired) electrons. The Kier molecular flexibility index (Phi) is 6.59. The van der Waals surface area contributed by atoms with Gasteiger partial charge in [-0.05, 0) is 24.1 Å². The van der Waals surface area contributed by atoms with Crippen LogP contribution in [0.1, 0.15) is 12.0 Å². The number of carboxylic acids is 1. The highest BCUT2D eigenvalue weighted by Gasteiger charge is 2.17. The highest BCUT2D eigenvalue weighted by atomic mass is 35.5.